The van der Waals surface area contributed by atoms with Crippen LogP contribution in [0.4, 0.5) is 0 Å². The zero-order valence-electron chi connectivity index (χ0n) is 7.83. The molecule has 0 saturated heterocycles. The summed E-state index contributed by atoms with van der Waals surface area (Å²) in [6.45, 7) is 1.94. The molecule has 0 atom stereocenters. The number of halogens is 1. The molecule has 0 unspecified atom stereocenters. The van der Waals surface area contributed by atoms with Crippen molar-refractivity contribution in [1.82, 2.24) is 5.43 Å². The fourth-order valence-electron chi connectivity index (χ4n) is 0.901. The SMILES string of the molecule is CC/C=N\NC(=O)c1ccccc1Cl. The van der Waals surface area contributed by atoms with Gasteiger partial charge in [-0.3, -0.25) is 4.79 Å². The molecule has 14 heavy (non-hydrogen) atoms. The molecule has 0 aliphatic heterocycles. The lowest BCUT2D eigenvalue weighted by Crippen LogP contribution is -2.17. The monoisotopic (exact) mass is 210 g/mol. The Balaban J connectivity index is 2.70. The predicted octanol–water partition coefficient (Wildman–Crippen LogP) is 2.47. The van der Waals surface area contributed by atoms with Crippen LogP contribution in [-0.4, -0.2) is 12.1 Å². The largest absolute Gasteiger partial charge is 0.272 e. The van der Waals surface area contributed by atoms with Crippen molar-refractivity contribution in [2.45, 2.75) is 13.3 Å². The van der Waals surface area contributed by atoms with E-state index in [1.54, 1.807) is 30.5 Å². The van der Waals surface area contributed by atoms with Gasteiger partial charge in [0.15, 0.2) is 0 Å². The molecule has 0 aliphatic carbocycles. The number of nitrogens with zero attached hydrogens (tertiary/aromatic N) is 1. The van der Waals surface area contributed by atoms with Gasteiger partial charge in [0.05, 0.1) is 10.6 Å². The second-order valence-electron chi connectivity index (χ2n) is 2.64. The minimum atomic E-state index is -0.291. The van der Waals surface area contributed by atoms with E-state index in [1.165, 1.54) is 0 Å². The maximum absolute atomic E-state index is 11.4. The highest BCUT2D eigenvalue weighted by Crippen LogP contribution is 2.14. The first-order valence-corrected chi connectivity index (χ1v) is 4.70. The third-order valence-electron chi connectivity index (χ3n) is 1.56. The highest BCUT2D eigenvalue weighted by molar-refractivity contribution is 6.33. The number of hydrogen-bond donors (Lipinski definition) is 1. The Morgan fingerprint density at radius 3 is 2.93 bits per heavy atom. The molecular formula is C10H11ClN2O. The molecule has 1 aromatic carbocycles. The molecule has 1 rings (SSSR count). The van der Waals surface area contributed by atoms with Crippen molar-refractivity contribution in [1.29, 1.82) is 0 Å². The van der Waals surface area contributed by atoms with Gasteiger partial charge in [-0.2, -0.15) is 5.10 Å². The van der Waals surface area contributed by atoms with Gasteiger partial charge >= 0.3 is 0 Å². The number of nitrogens with one attached hydrogen (secondary N) is 1. The van der Waals surface area contributed by atoms with Crippen molar-refractivity contribution in [3.05, 3.63) is 34.9 Å². The summed E-state index contributed by atoms with van der Waals surface area (Å²) in [5.74, 6) is -0.291. The molecule has 1 N–H and O–H groups in total. The Morgan fingerprint density at radius 2 is 2.29 bits per heavy atom. The van der Waals surface area contributed by atoms with E-state index >= 15 is 0 Å². The van der Waals surface area contributed by atoms with Gasteiger partial charge in [-0.1, -0.05) is 30.7 Å². The fourth-order valence-corrected chi connectivity index (χ4v) is 1.12. The van der Waals surface area contributed by atoms with Crippen molar-refractivity contribution in [2.75, 3.05) is 0 Å². The summed E-state index contributed by atoms with van der Waals surface area (Å²) in [5.41, 5.74) is 2.82. The van der Waals surface area contributed by atoms with E-state index in [-0.39, 0.29) is 5.91 Å². The quantitative estimate of drug-likeness (QED) is 0.604. The van der Waals surface area contributed by atoms with Crippen molar-refractivity contribution >= 4 is 23.7 Å². The first-order valence-electron chi connectivity index (χ1n) is 4.32. The van der Waals surface area contributed by atoms with Crippen LogP contribution in [0, 0.1) is 0 Å². The van der Waals surface area contributed by atoms with Crippen LogP contribution in [0.25, 0.3) is 0 Å². The molecule has 3 nitrogen and oxygen atoms in total. The summed E-state index contributed by atoms with van der Waals surface area (Å²) in [4.78, 5) is 11.4. The zero-order valence-corrected chi connectivity index (χ0v) is 8.58. The molecule has 0 spiro atoms. The van der Waals surface area contributed by atoms with E-state index in [0.29, 0.717) is 10.6 Å². The maximum Gasteiger partial charge on any atom is 0.272 e. The number of amides is 1. The summed E-state index contributed by atoms with van der Waals surface area (Å²) in [6, 6.07) is 6.85. The lowest BCUT2D eigenvalue weighted by Gasteiger charge is -2.00. The molecule has 0 aromatic heterocycles. The Morgan fingerprint density at radius 1 is 1.57 bits per heavy atom. The van der Waals surface area contributed by atoms with Crippen molar-refractivity contribution in [2.24, 2.45) is 5.10 Å². The molecule has 0 heterocycles. The summed E-state index contributed by atoms with van der Waals surface area (Å²) in [6.07, 6.45) is 2.40. The average molecular weight is 211 g/mol. The van der Waals surface area contributed by atoms with Crippen LogP contribution < -0.4 is 5.43 Å². The smallest absolute Gasteiger partial charge is 0.267 e. The average Bonchev–Trinajstić information content (AvgIpc) is 2.18. The summed E-state index contributed by atoms with van der Waals surface area (Å²) in [5, 5.41) is 4.15. The van der Waals surface area contributed by atoms with Gasteiger partial charge < -0.3 is 0 Å². The second-order valence-corrected chi connectivity index (χ2v) is 3.05. The third kappa shape index (κ3) is 2.85. The van der Waals surface area contributed by atoms with Crippen LogP contribution in [-0.2, 0) is 0 Å². The standard InChI is InChI=1S/C10H11ClN2O/c1-2-7-12-13-10(14)8-5-3-4-6-9(8)11/h3-7H,2H2,1H3,(H,13,14)/b12-7-. The van der Waals surface area contributed by atoms with Crippen molar-refractivity contribution < 1.29 is 4.79 Å². The highest BCUT2D eigenvalue weighted by atomic mass is 35.5. The van der Waals surface area contributed by atoms with Crippen LogP contribution >= 0.6 is 11.6 Å². The fraction of sp³-hybridized carbons (Fsp3) is 0.200. The molecule has 1 aromatic rings. The van der Waals surface area contributed by atoms with E-state index in [2.05, 4.69) is 10.5 Å². The molecule has 0 fully saturated rings. The normalized spacial score (nSPS) is 10.4. The number of hydrogen-bond acceptors (Lipinski definition) is 2. The highest BCUT2D eigenvalue weighted by Gasteiger charge is 2.07. The maximum atomic E-state index is 11.4. The van der Waals surface area contributed by atoms with Crippen LogP contribution in [0.1, 0.15) is 23.7 Å². The molecule has 0 saturated carbocycles. The third-order valence-corrected chi connectivity index (χ3v) is 1.89. The summed E-state index contributed by atoms with van der Waals surface area (Å²) >= 11 is 5.82. The minimum Gasteiger partial charge on any atom is -0.267 e. The zero-order chi connectivity index (χ0) is 10.4. The van der Waals surface area contributed by atoms with Crippen LogP contribution in [0.3, 0.4) is 0 Å². The second kappa shape index (κ2) is 5.40. The topological polar surface area (TPSA) is 41.5 Å². The van der Waals surface area contributed by atoms with Gasteiger partial charge in [0, 0.05) is 6.21 Å². The lowest BCUT2D eigenvalue weighted by atomic mass is 10.2. The summed E-state index contributed by atoms with van der Waals surface area (Å²) < 4.78 is 0. The van der Waals surface area contributed by atoms with E-state index in [0.717, 1.165) is 6.42 Å². The number of rotatable bonds is 3. The van der Waals surface area contributed by atoms with Gasteiger partial charge in [-0.05, 0) is 18.6 Å². The van der Waals surface area contributed by atoms with E-state index in [9.17, 15) is 4.79 Å². The van der Waals surface area contributed by atoms with Gasteiger partial charge in [0.1, 0.15) is 0 Å². The molecule has 74 valence electrons. The molecule has 0 bridgehead atoms. The van der Waals surface area contributed by atoms with E-state index in [4.69, 9.17) is 11.6 Å². The lowest BCUT2D eigenvalue weighted by molar-refractivity contribution is 0.0955. The molecule has 4 heteroatoms. The van der Waals surface area contributed by atoms with Crippen molar-refractivity contribution in [3.8, 4) is 0 Å². The van der Waals surface area contributed by atoms with Gasteiger partial charge in [-0.15, -0.1) is 0 Å². The Hall–Kier alpha value is -1.35. The van der Waals surface area contributed by atoms with E-state index in [1.807, 2.05) is 6.92 Å². The van der Waals surface area contributed by atoms with Crippen LogP contribution in [0.15, 0.2) is 29.4 Å². The summed E-state index contributed by atoms with van der Waals surface area (Å²) in [7, 11) is 0. The Bertz CT molecular complexity index is 350. The molecular weight excluding hydrogens is 200 g/mol. The number of benzene rings is 1. The van der Waals surface area contributed by atoms with Gasteiger partial charge in [-0.25, -0.2) is 5.43 Å². The Labute approximate surface area is 87.8 Å². The number of carbonyl (C=O) groups is 1. The first kappa shape index (κ1) is 10.7. The van der Waals surface area contributed by atoms with Crippen molar-refractivity contribution in [3.63, 3.8) is 0 Å². The van der Waals surface area contributed by atoms with Gasteiger partial charge in [0.25, 0.3) is 5.91 Å². The number of carbonyl (C=O) groups excluding carboxylic acids is 1. The Kier molecular flexibility index (Phi) is 4.13. The molecule has 0 aliphatic rings. The van der Waals surface area contributed by atoms with E-state index < -0.39 is 0 Å². The predicted molar refractivity (Wildman–Crippen MR) is 57.7 cm³/mol. The van der Waals surface area contributed by atoms with Crippen LogP contribution in [0.5, 0.6) is 0 Å². The van der Waals surface area contributed by atoms with Gasteiger partial charge in [0.2, 0.25) is 0 Å². The first-order chi connectivity index (χ1) is 6.75. The minimum absolute atomic E-state index is 0.291. The van der Waals surface area contributed by atoms with Crippen LogP contribution in [0.2, 0.25) is 5.02 Å². The number of hydrazone groups is 1. The molecule has 0 radical (unpaired) electrons. The molecule has 1 amide bonds.